The minimum absolute atomic E-state index is 0.0106. The van der Waals surface area contributed by atoms with Gasteiger partial charge in [0, 0.05) is 16.0 Å². The Hall–Kier alpha value is -2.93. The quantitative estimate of drug-likeness (QED) is 0.586. The highest BCUT2D eigenvalue weighted by molar-refractivity contribution is 6.23. The number of hydrogen-bond acceptors (Lipinski definition) is 7. The third-order valence-electron chi connectivity index (χ3n) is 6.10. The molecule has 0 aromatic heterocycles. The molecule has 142 valence electrons. The molecule has 7 heteroatoms. The third kappa shape index (κ3) is 1.68. The highest BCUT2D eigenvalue weighted by atomic mass is 16.5. The fourth-order valence-corrected chi connectivity index (χ4v) is 4.16. The van der Waals surface area contributed by atoms with E-state index in [1.165, 1.54) is 13.2 Å². The van der Waals surface area contributed by atoms with Crippen LogP contribution in [0.5, 0.6) is 23.0 Å². The van der Waals surface area contributed by atoms with Crippen molar-refractivity contribution in [3.05, 3.63) is 22.1 Å². The molecule has 2 aliphatic rings. The number of benzene rings is 2. The summed E-state index contributed by atoms with van der Waals surface area (Å²) in [7, 11) is 1.21. The lowest BCUT2D eigenvalue weighted by Crippen LogP contribution is -2.55. The van der Waals surface area contributed by atoms with E-state index in [0.29, 0.717) is 0 Å². The van der Waals surface area contributed by atoms with Crippen LogP contribution in [0.15, 0.2) is 6.07 Å². The zero-order valence-corrected chi connectivity index (χ0v) is 15.4. The molecule has 1 saturated heterocycles. The summed E-state index contributed by atoms with van der Waals surface area (Å²) in [5.41, 5.74) is -3.30. The standard InChI is InChI=1S/C20H20O7/c1-7-6-9(21)11-12-10(7)18-20(25,19(3,4)8(2)27-18)17(24)13(12)15(23)16(26-5)14(11)22/h6,8,21-23,25H,1H2,2-5H3. The minimum atomic E-state index is -2.05. The molecule has 2 unspecified atom stereocenters. The van der Waals surface area contributed by atoms with Crippen molar-refractivity contribution in [1.29, 1.82) is 0 Å². The van der Waals surface area contributed by atoms with Crippen molar-refractivity contribution in [3.8, 4) is 23.0 Å². The van der Waals surface area contributed by atoms with Gasteiger partial charge in [0.1, 0.15) is 17.6 Å². The summed E-state index contributed by atoms with van der Waals surface area (Å²) >= 11 is 0. The summed E-state index contributed by atoms with van der Waals surface area (Å²) < 4.78 is 10.9. The largest absolute Gasteiger partial charge is 0.507 e. The maximum Gasteiger partial charge on any atom is 0.207 e. The van der Waals surface area contributed by atoms with E-state index < -0.39 is 34.4 Å². The molecule has 27 heavy (non-hydrogen) atoms. The van der Waals surface area contributed by atoms with Gasteiger partial charge in [0.2, 0.25) is 11.5 Å². The second kappa shape index (κ2) is 4.86. The van der Waals surface area contributed by atoms with Crippen LogP contribution in [0.4, 0.5) is 0 Å². The van der Waals surface area contributed by atoms with E-state index in [-0.39, 0.29) is 44.0 Å². The molecular weight excluding hydrogens is 352 g/mol. The SMILES string of the molecule is C=c1cc(O)c2c(O)c(OC)c(O)c3c2c1=C1OC(C)C(C)(C)C1(O)C3=O. The summed E-state index contributed by atoms with van der Waals surface area (Å²) in [6.07, 6.45) is -0.517. The Bertz CT molecular complexity index is 1160. The van der Waals surface area contributed by atoms with Gasteiger partial charge in [-0.15, -0.1) is 0 Å². The Labute approximate surface area is 154 Å². The minimum Gasteiger partial charge on any atom is -0.507 e. The number of ether oxygens (including phenoxy) is 2. The van der Waals surface area contributed by atoms with Crippen LogP contribution in [0, 0.1) is 5.41 Å². The maximum atomic E-state index is 13.4. The van der Waals surface area contributed by atoms with E-state index in [0.717, 1.165) is 0 Å². The van der Waals surface area contributed by atoms with Crippen LogP contribution in [0.25, 0.3) is 23.1 Å². The van der Waals surface area contributed by atoms with Gasteiger partial charge in [-0.3, -0.25) is 4.79 Å². The highest BCUT2D eigenvalue weighted by Crippen LogP contribution is 2.56. The molecule has 4 rings (SSSR count). The second-order valence-corrected chi connectivity index (χ2v) is 7.64. The van der Waals surface area contributed by atoms with Gasteiger partial charge in [-0.1, -0.05) is 20.4 Å². The fraction of sp³-hybridized carbons (Fsp3) is 0.350. The van der Waals surface area contributed by atoms with Crippen molar-refractivity contribution in [2.45, 2.75) is 32.5 Å². The summed E-state index contributed by atoms with van der Waals surface area (Å²) in [6, 6.07) is 1.31. The number of Topliss-reactive ketones (excluding diaryl/α,β-unsaturated/α-hetero) is 1. The van der Waals surface area contributed by atoms with E-state index in [9.17, 15) is 25.2 Å². The van der Waals surface area contributed by atoms with Crippen molar-refractivity contribution in [3.63, 3.8) is 0 Å². The predicted octanol–water partition coefficient (Wildman–Crippen LogP) is 0.856. The molecule has 2 aromatic carbocycles. The molecule has 2 aromatic rings. The highest BCUT2D eigenvalue weighted by Gasteiger charge is 2.64. The Morgan fingerprint density at radius 1 is 1.19 bits per heavy atom. The number of hydrogen-bond donors (Lipinski definition) is 4. The van der Waals surface area contributed by atoms with Crippen LogP contribution in [0.2, 0.25) is 0 Å². The van der Waals surface area contributed by atoms with Crippen molar-refractivity contribution >= 4 is 28.9 Å². The molecule has 0 saturated carbocycles. The maximum absolute atomic E-state index is 13.4. The van der Waals surface area contributed by atoms with Crippen LogP contribution < -0.4 is 15.2 Å². The molecule has 1 fully saturated rings. The predicted molar refractivity (Wildman–Crippen MR) is 97.3 cm³/mol. The number of carbonyl (C=O) groups is 1. The lowest BCUT2D eigenvalue weighted by molar-refractivity contribution is -0.00239. The zero-order valence-electron chi connectivity index (χ0n) is 15.4. The van der Waals surface area contributed by atoms with E-state index in [2.05, 4.69) is 6.58 Å². The van der Waals surface area contributed by atoms with Crippen LogP contribution >= 0.6 is 0 Å². The van der Waals surface area contributed by atoms with Crippen LogP contribution in [-0.4, -0.2) is 45.0 Å². The molecule has 0 bridgehead atoms. The second-order valence-electron chi connectivity index (χ2n) is 7.64. The summed E-state index contributed by atoms with van der Waals surface area (Å²) in [4.78, 5) is 13.4. The summed E-state index contributed by atoms with van der Waals surface area (Å²) in [5.74, 6) is -2.60. The van der Waals surface area contributed by atoms with Gasteiger partial charge in [-0.05, 0) is 18.2 Å². The van der Waals surface area contributed by atoms with Gasteiger partial charge in [-0.25, -0.2) is 0 Å². The van der Waals surface area contributed by atoms with Gasteiger partial charge in [0.25, 0.3) is 0 Å². The Kier molecular flexibility index (Phi) is 3.15. The molecule has 1 heterocycles. The molecule has 2 atom stereocenters. The normalized spacial score (nSPS) is 25.4. The van der Waals surface area contributed by atoms with Gasteiger partial charge < -0.3 is 29.9 Å². The number of phenolic OH excluding ortho intramolecular Hbond substituents is 3. The average molecular weight is 372 g/mol. The van der Waals surface area contributed by atoms with E-state index in [1.807, 2.05) is 0 Å². The number of ketones is 1. The average Bonchev–Trinajstić information content (AvgIpc) is 2.75. The molecule has 1 aliphatic carbocycles. The molecular formula is C20H20O7. The Morgan fingerprint density at radius 2 is 1.81 bits per heavy atom. The van der Waals surface area contributed by atoms with E-state index in [4.69, 9.17) is 9.47 Å². The first-order chi connectivity index (χ1) is 12.5. The monoisotopic (exact) mass is 372 g/mol. The number of aromatic hydroxyl groups is 3. The van der Waals surface area contributed by atoms with Crippen LogP contribution in [-0.2, 0) is 4.74 Å². The zero-order chi connectivity index (χ0) is 20.0. The number of rotatable bonds is 1. The van der Waals surface area contributed by atoms with E-state index in [1.54, 1.807) is 20.8 Å². The van der Waals surface area contributed by atoms with Crippen molar-refractivity contribution in [2.24, 2.45) is 5.41 Å². The summed E-state index contributed by atoms with van der Waals surface area (Å²) in [5, 5.41) is 43.7. The van der Waals surface area contributed by atoms with Crippen molar-refractivity contribution in [1.82, 2.24) is 0 Å². The third-order valence-corrected chi connectivity index (χ3v) is 6.10. The first-order valence-electron chi connectivity index (χ1n) is 8.45. The lowest BCUT2D eigenvalue weighted by Gasteiger charge is -2.36. The summed E-state index contributed by atoms with van der Waals surface area (Å²) in [6.45, 7) is 9.02. The van der Waals surface area contributed by atoms with Crippen LogP contribution in [0.3, 0.4) is 0 Å². The Balaban J connectivity index is 2.40. The number of fused-ring (bicyclic) bond motifs is 1. The fourth-order valence-electron chi connectivity index (χ4n) is 4.16. The topological polar surface area (TPSA) is 116 Å². The Morgan fingerprint density at radius 3 is 2.41 bits per heavy atom. The molecule has 4 N–H and O–H groups in total. The van der Waals surface area contributed by atoms with Gasteiger partial charge in [0.15, 0.2) is 17.1 Å². The van der Waals surface area contributed by atoms with Gasteiger partial charge in [-0.2, -0.15) is 0 Å². The number of aliphatic hydroxyl groups is 1. The molecule has 0 radical (unpaired) electrons. The number of phenols is 3. The van der Waals surface area contributed by atoms with Crippen LogP contribution in [0.1, 0.15) is 31.1 Å². The van der Waals surface area contributed by atoms with Gasteiger partial charge >= 0.3 is 0 Å². The molecule has 0 spiro atoms. The van der Waals surface area contributed by atoms with Crippen molar-refractivity contribution < 1.29 is 34.7 Å². The molecule has 0 amide bonds. The first kappa shape index (κ1) is 17.5. The lowest BCUT2D eigenvalue weighted by atomic mass is 9.66. The molecule has 7 nitrogen and oxygen atoms in total. The van der Waals surface area contributed by atoms with E-state index >= 15 is 0 Å². The first-order valence-corrected chi connectivity index (χ1v) is 8.45. The number of carbonyl (C=O) groups excluding carboxylic acids is 1. The number of methoxy groups -OCH3 is 1. The molecule has 1 aliphatic heterocycles. The van der Waals surface area contributed by atoms with Crippen molar-refractivity contribution in [2.75, 3.05) is 7.11 Å². The van der Waals surface area contributed by atoms with Gasteiger partial charge in [0.05, 0.1) is 18.1 Å². The smallest absolute Gasteiger partial charge is 0.207 e.